The van der Waals surface area contributed by atoms with Crippen molar-refractivity contribution in [1.82, 2.24) is 14.8 Å². The van der Waals surface area contributed by atoms with Crippen molar-refractivity contribution in [2.24, 2.45) is 0 Å². The van der Waals surface area contributed by atoms with Gasteiger partial charge in [0.2, 0.25) is 5.91 Å². The SMILES string of the molecule is Cc1ccc(Cn2cc([C@@H](CC(=O)NCCN3CCOCC3)c3ccc(OCc4ccccc4)cc3)c3ccccc32)cc1. The van der Waals surface area contributed by atoms with Gasteiger partial charge >= 0.3 is 0 Å². The highest BCUT2D eigenvalue weighted by molar-refractivity contribution is 5.87. The summed E-state index contributed by atoms with van der Waals surface area (Å²) in [5.74, 6) is 0.766. The van der Waals surface area contributed by atoms with Crippen LogP contribution in [0, 0.1) is 6.92 Å². The molecule has 1 atom stereocenters. The van der Waals surface area contributed by atoms with E-state index in [4.69, 9.17) is 9.47 Å². The Balaban J connectivity index is 1.25. The monoisotopic (exact) mass is 587 g/mol. The average Bonchev–Trinajstić information content (AvgIpc) is 3.43. The second-order valence-electron chi connectivity index (χ2n) is 11.6. The maximum Gasteiger partial charge on any atom is 0.220 e. The summed E-state index contributed by atoms with van der Waals surface area (Å²) in [6.07, 6.45) is 2.61. The lowest BCUT2D eigenvalue weighted by atomic mass is 9.88. The number of morpholine rings is 1. The van der Waals surface area contributed by atoms with E-state index >= 15 is 0 Å². The number of hydrogen-bond acceptors (Lipinski definition) is 4. The van der Waals surface area contributed by atoms with Gasteiger partial charge in [0.05, 0.1) is 13.2 Å². The third kappa shape index (κ3) is 7.57. The summed E-state index contributed by atoms with van der Waals surface area (Å²) in [7, 11) is 0. The molecular weight excluding hydrogens is 546 g/mol. The molecule has 0 unspecified atom stereocenters. The first-order valence-electron chi connectivity index (χ1n) is 15.6. The summed E-state index contributed by atoms with van der Waals surface area (Å²) in [4.78, 5) is 15.8. The van der Waals surface area contributed by atoms with Gasteiger partial charge in [-0.05, 0) is 47.4 Å². The fourth-order valence-electron chi connectivity index (χ4n) is 5.95. The first-order chi connectivity index (χ1) is 21.6. The molecule has 0 aliphatic carbocycles. The number of para-hydroxylation sites is 1. The lowest BCUT2D eigenvalue weighted by molar-refractivity contribution is -0.121. The first kappa shape index (κ1) is 29.7. The normalized spacial score (nSPS) is 14.4. The van der Waals surface area contributed by atoms with E-state index in [1.54, 1.807) is 0 Å². The number of carbonyl (C=O) groups excluding carboxylic acids is 1. The van der Waals surface area contributed by atoms with Crippen LogP contribution in [0.5, 0.6) is 5.75 Å². The molecule has 1 aromatic heterocycles. The molecule has 1 fully saturated rings. The van der Waals surface area contributed by atoms with E-state index in [1.165, 1.54) is 22.0 Å². The van der Waals surface area contributed by atoms with Crippen molar-refractivity contribution in [2.45, 2.75) is 32.4 Å². The Morgan fingerprint density at radius 2 is 1.59 bits per heavy atom. The van der Waals surface area contributed by atoms with Crippen LogP contribution in [0.15, 0.2) is 109 Å². The van der Waals surface area contributed by atoms with Crippen LogP contribution in [0.25, 0.3) is 10.9 Å². The Morgan fingerprint density at radius 3 is 2.36 bits per heavy atom. The average molecular weight is 588 g/mol. The van der Waals surface area contributed by atoms with Crippen LogP contribution in [0.3, 0.4) is 0 Å². The third-order valence-electron chi connectivity index (χ3n) is 8.44. The number of benzene rings is 4. The lowest BCUT2D eigenvalue weighted by Crippen LogP contribution is -2.41. The molecule has 6 heteroatoms. The quantitative estimate of drug-likeness (QED) is 0.180. The number of ether oxygens (including phenoxy) is 2. The predicted octanol–water partition coefficient (Wildman–Crippen LogP) is 6.55. The Labute approximate surface area is 260 Å². The smallest absolute Gasteiger partial charge is 0.220 e. The molecule has 1 amide bonds. The van der Waals surface area contributed by atoms with Gasteiger partial charge in [-0.3, -0.25) is 9.69 Å². The number of nitrogens with zero attached hydrogens (tertiary/aromatic N) is 2. The van der Waals surface area contributed by atoms with Crippen LogP contribution in [0.2, 0.25) is 0 Å². The second kappa shape index (κ2) is 14.4. The van der Waals surface area contributed by atoms with Gasteiger partial charge in [0.15, 0.2) is 0 Å². The molecule has 0 radical (unpaired) electrons. The van der Waals surface area contributed by atoms with Gasteiger partial charge in [0.25, 0.3) is 0 Å². The number of aromatic nitrogens is 1. The van der Waals surface area contributed by atoms with Crippen LogP contribution >= 0.6 is 0 Å². The number of carbonyl (C=O) groups is 1. The summed E-state index contributed by atoms with van der Waals surface area (Å²) in [6, 6.07) is 35.7. The summed E-state index contributed by atoms with van der Waals surface area (Å²) < 4.78 is 13.9. The Morgan fingerprint density at radius 1 is 0.864 bits per heavy atom. The fraction of sp³-hybridized carbons (Fsp3) is 0.289. The molecule has 0 saturated carbocycles. The van der Waals surface area contributed by atoms with Gasteiger partial charge in [0.1, 0.15) is 12.4 Å². The zero-order valence-electron chi connectivity index (χ0n) is 25.5. The molecule has 1 N–H and O–H groups in total. The van der Waals surface area contributed by atoms with E-state index in [1.807, 2.05) is 30.3 Å². The van der Waals surface area contributed by atoms with Crippen molar-refractivity contribution in [3.63, 3.8) is 0 Å². The maximum absolute atomic E-state index is 13.4. The van der Waals surface area contributed by atoms with Crippen molar-refractivity contribution in [1.29, 1.82) is 0 Å². The van der Waals surface area contributed by atoms with Crippen molar-refractivity contribution in [3.8, 4) is 5.75 Å². The van der Waals surface area contributed by atoms with Crippen LogP contribution in [-0.2, 0) is 22.7 Å². The highest BCUT2D eigenvalue weighted by Crippen LogP contribution is 2.36. The van der Waals surface area contributed by atoms with E-state index in [9.17, 15) is 4.79 Å². The molecule has 44 heavy (non-hydrogen) atoms. The van der Waals surface area contributed by atoms with E-state index in [-0.39, 0.29) is 11.8 Å². The van der Waals surface area contributed by atoms with E-state index in [2.05, 4.69) is 101 Å². The number of amides is 1. The van der Waals surface area contributed by atoms with Crippen LogP contribution in [0.4, 0.5) is 0 Å². The fourth-order valence-corrected chi connectivity index (χ4v) is 5.95. The van der Waals surface area contributed by atoms with E-state index in [0.717, 1.165) is 61.8 Å². The summed E-state index contributed by atoms with van der Waals surface area (Å²) in [5.41, 5.74) is 7.06. The zero-order valence-corrected chi connectivity index (χ0v) is 25.5. The van der Waals surface area contributed by atoms with Crippen molar-refractivity contribution < 1.29 is 14.3 Å². The van der Waals surface area contributed by atoms with Crippen molar-refractivity contribution >= 4 is 16.8 Å². The Hall–Kier alpha value is -4.39. The number of hydrogen-bond donors (Lipinski definition) is 1. The van der Waals surface area contributed by atoms with Gasteiger partial charge in [-0.25, -0.2) is 0 Å². The van der Waals surface area contributed by atoms with Gasteiger partial charge in [0, 0.05) is 62.2 Å². The van der Waals surface area contributed by atoms with Crippen molar-refractivity contribution in [3.05, 3.63) is 137 Å². The summed E-state index contributed by atoms with van der Waals surface area (Å²) in [5, 5.41) is 4.37. The van der Waals surface area contributed by atoms with E-state index < -0.39 is 0 Å². The molecule has 2 heterocycles. The Bertz CT molecular complexity index is 1640. The van der Waals surface area contributed by atoms with Crippen LogP contribution < -0.4 is 10.1 Å². The van der Waals surface area contributed by atoms with Crippen LogP contribution in [-0.4, -0.2) is 54.8 Å². The molecule has 1 aliphatic heterocycles. The number of nitrogens with one attached hydrogen (secondary N) is 1. The zero-order chi connectivity index (χ0) is 30.1. The molecule has 4 aromatic carbocycles. The molecular formula is C38H41N3O3. The van der Waals surface area contributed by atoms with Gasteiger partial charge < -0.3 is 19.4 Å². The minimum absolute atomic E-state index is 0.0584. The molecule has 6 rings (SSSR count). The number of fused-ring (bicyclic) bond motifs is 1. The molecule has 5 aromatic rings. The van der Waals surface area contributed by atoms with Crippen LogP contribution in [0.1, 0.15) is 40.2 Å². The number of aryl methyl sites for hydroxylation is 1. The van der Waals surface area contributed by atoms with E-state index in [0.29, 0.717) is 19.6 Å². The third-order valence-corrected chi connectivity index (χ3v) is 8.44. The van der Waals surface area contributed by atoms with Gasteiger partial charge in [-0.2, -0.15) is 0 Å². The number of rotatable bonds is 12. The van der Waals surface area contributed by atoms with Gasteiger partial charge in [-0.15, -0.1) is 0 Å². The minimum atomic E-state index is -0.106. The predicted molar refractivity (Wildman–Crippen MR) is 176 cm³/mol. The topological polar surface area (TPSA) is 55.7 Å². The molecule has 1 aliphatic rings. The Kier molecular flexibility index (Phi) is 9.70. The minimum Gasteiger partial charge on any atom is -0.489 e. The van der Waals surface area contributed by atoms with Crippen molar-refractivity contribution in [2.75, 3.05) is 39.4 Å². The van der Waals surface area contributed by atoms with Gasteiger partial charge in [-0.1, -0.05) is 90.5 Å². The highest BCUT2D eigenvalue weighted by Gasteiger charge is 2.23. The largest absolute Gasteiger partial charge is 0.489 e. The second-order valence-corrected chi connectivity index (χ2v) is 11.6. The molecule has 1 saturated heterocycles. The molecule has 0 bridgehead atoms. The molecule has 6 nitrogen and oxygen atoms in total. The molecule has 0 spiro atoms. The first-order valence-corrected chi connectivity index (χ1v) is 15.6. The summed E-state index contributed by atoms with van der Waals surface area (Å²) in [6.45, 7) is 8.21. The lowest BCUT2D eigenvalue weighted by Gasteiger charge is -2.26. The summed E-state index contributed by atoms with van der Waals surface area (Å²) >= 11 is 0. The standard InChI is InChI=1S/C38H41N3O3/c1-29-11-13-30(14-12-29)26-41-27-36(34-9-5-6-10-37(34)41)35(25-38(42)39-19-20-40-21-23-43-24-22-40)32-15-17-33(18-16-32)44-28-31-7-3-2-4-8-31/h2-18,27,35H,19-26,28H2,1H3,(H,39,42)/t35-/m0/s1. The maximum atomic E-state index is 13.4. The highest BCUT2D eigenvalue weighted by atomic mass is 16.5. The molecule has 226 valence electrons.